The molecular formula is C19H25NO4. The zero-order chi connectivity index (χ0) is 16.6. The minimum atomic E-state index is -0.504. The first-order chi connectivity index (χ1) is 11.8. The summed E-state index contributed by atoms with van der Waals surface area (Å²) in [6.45, 7) is 3.69. The van der Waals surface area contributed by atoms with Crippen LogP contribution in [0.5, 0.6) is 0 Å². The van der Waals surface area contributed by atoms with Gasteiger partial charge in [0.15, 0.2) is 0 Å². The normalized spacial score (nSPS) is 20.1. The topological polar surface area (TPSA) is 55.1 Å². The molecule has 130 valence electrons. The van der Waals surface area contributed by atoms with E-state index in [1.165, 1.54) is 5.56 Å². The molecule has 0 radical (unpaired) electrons. The van der Waals surface area contributed by atoms with E-state index in [2.05, 4.69) is 29.2 Å². The van der Waals surface area contributed by atoms with E-state index in [4.69, 9.17) is 13.9 Å². The second kappa shape index (κ2) is 8.99. The van der Waals surface area contributed by atoms with Gasteiger partial charge in [-0.3, -0.25) is 4.90 Å². The molecule has 0 spiro atoms. The maximum atomic E-state index is 10.2. The molecule has 5 heteroatoms. The van der Waals surface area contributed by atoms with Gasteiger partial charge in [0.1, 0.15) is 12.4 Å². The van der Waals surface area contributed by atoms with Crippen molar-refractivity contribution in [2.45, 2.75) is 25.2 Å². The van der Waals surface area contributed by atoms with Gasteiger partial charge in [-0.05, 0) is 24.1 Å². The fourth-order valence-electron chi connectivity index (χ4n) is 2.99. The van der Waals surface area contributed by atoms with Gasteiger partial charge in [-0.2, -0.15) is 0 Å². The lowest BCUT2D eigenvalue weighted by molar-refractivity contribution is -0.0524. The Balaban J connectivity index is 1.38. The van der Waals surface area contributed by atoms with Crippen molar-refractivity contribution in [3.8, 4) is 0 Å². The molecule has 1 aromatic heterocycles. The first kappa shape index (κ1) is 17.2. The van der Waals surface area contributed by atoms with E-state index in [1.54, 1.807) is 6.26 Å². The third-order valence-electron chi connectivity index (χ3n) is 4.13. The number of morpholine rings is 1. The lowest BCUT2D eigenvalue weighted by atomic mass is 10.1. The van der Waals surface area contributed by atoms with Crippen molar-refractivity contribution in [1.29, 1.82) is 0 Å². The Hall–Kier alpha value is -1.66. The molecule has 0 saturated carbocycles. The molecule has 0 aliphatic carbocycles. The average molecular weight is 331 g/mol. The van der Waals surface area contributed by atoms with Crippen molar-refractivity contribution in [3.05, 3.63) is 60.1 Å². The van der Waals surface area contributed by atoms with Gasteiger partial charge in [0, 0.05) is 19.6 Å². The van der Waals surface area contributed by atoms with Gasteiger partial charge in [0.2, 0.25) is 0 Å². The van der Waals surface area contributed by atoms with Crippen molar-refractivity contribution in [1.82, 2.24) is 4.90 Å². The summed E-state index contributed by atoms with van der Waals surface area (Å²) in [6, 6.07) is 14.1. The number of benzene rings is 1. The van der Waals surface area contributed by atoms with E-state index in [0.29, 0.717) is 26.4 Å². The molecule has 2 heterocycles. The van der Waals surface area contributed by atoms with Gasteiger partial charge in [-0.15, -0.1) is 0 Å². The Morgan fingerprint density at radius 1 is 1.21 bits per heavy atom. The minimum absolute atomic E-state index is 0.178. The summed E-state index contributed by atoms with van der Waals surface area (Å²) in [6.07, 6.45) is 2.20. The second-order valence-corrected chi connectivity index (χ2v) is 6.19. The Kier molecular flexibility index (Phi) is 6.43. The molecule has 2 atom stereocenters. The zero-order valence-electron chi connectivity index (χ0n) is 13.8. The van der Waals surface area contributed by atoms with Crippen LogP contribution in [0.25, 0.3) is 0 Å². The van der Waals surface area contributed by atoms with Crippen LogP contribution in [0, 0.1) is 0 Å². The quantitative estimate of drug-likeness (QED) is 0.803. The summed E-state index contributed by atoms with van der Waals surface area (Å²) in [7, 11) is 0. The molecule has 24 heavy (non-hydrogen) atoms. The standard InChI is InChI=1S/C19H25NO4/c21-17(14-22-15-18-7-4-9-23-18)12-20-8-10-24-19(13-20)11-16-5-2-1-3-6-16/h1-7,9,17,19,21H,8,10-15H2. The van der Waals surface area contributed by atoms with Gasteiger partial charge >= 0.3 is 0 Å². The predicted octanol–water partition coefficient (Wildman–Crippen LogP) is 2.10. The lowest BCUT2D eigenvalue weighted by Crippen LogP contribution is -2.47. The molecule has 1 fully saturated rings. The van der Waals surface area contributed by atoms with Crippen LogP contribution in [0.3, 0.4) is 0 Å². The Labute approximate surface area is 142 Å². The number of hydrogen-bond acceptors (Lipinski definition) is 5. The van der Waals surface area contributed by atoms with Crippen LogP contribution in [0.4, 0.5) is 0 Å². The molecule has 1 N–H and O–H groups in total. The zero-order valence-corrected chi connectivity index (χ0v) is 13.8. The van der Waals surface area contributed by atoms with Crippen LogP contribution in [0.1, 0.15) is 11.3 Å². The SMILES string of the molecule is OC(COCc1ccco1)CN1CCOC(Cc2ccccc2)C1. The van der Waals surface area contributed by atoms with E-state index in [1.807, 2.05) is 18.2 Å². The maximum Gasteiger partial charge on any atom is 0.129 e. The van der Waals surface area contributed by atoms with Crippen molar-refractivity contribution >= 4 is 0 Å². The summed E-state index contributed by atoms with van der Waals surface area (Å²) in [5.41, 5.74) is 1.28. The number of ether oxygens (including phenoxy) is 2. The van der Waals surface area contributed by atoms with Crippen molar-refractivity contribution in [2.75, 3.05) is 32.8 Å². The Morgan fingerprint density at radius 2 is 2.08 bits per heavy atom. The molecule has 2 unspecified atom stereocenters. The summed E-state index contributed by atoms with van der Waals surface area (Å²) in [5, 5.41) is 10.2. The molecule has 0 bridgehead atoms. The largest absolute Gasteiger partial charge is 0.467 e. The smallest absolute Gasteiger partial charge is 0.129 e. The van der Waals surface area contributed by atoms with Gasteiger partial charge in [0.25, 0.3) is 0 Å². The number of rotatable bonds is 8. The number of nitrogens with zero attached hydrogens (tertiary/aromatic N) is 1. The Bertz CT molecular complexity index is 572. The van der Waals surface area contributed by atoms with E-state index in [-0.39, 0.29) is 6.10 Å². The van der Waals surface area contributed by atoms with Gasteiger partial charge in [-0.1, -0.05) is 30.3 Å². The van der Waals surface area contributed by atoms with E-state index < -0.39 is 6.10 Å². The second-order valence-electron chi connectivity index (χ2n) is 6.19. The number of hydrogen-bond donors (Lipinski definition) is 1. The van der Waals surface area contributed by atoms with Crippen LogP contribution in [-0.4, -0.2) is 55.1 Å². The molecule has 5 nitrogen and oxygen atoms in total. The van der Waals surface area contributed by atoms with Gasteiger partial charge in [-0.25, -0.2) is 0 Å². The summed E-state index contributed by atoms with van der Waals surface area (Å²) in [4.78, 5) is 2.25. The van der Waals surface area contributed by atoms with E-state index in [9.17, 15) is 5.11 Å². The summed E-state index contributed by atoms with van der Waals surface area (Å²) < 4.78 is 16.6. The molecule has 3 rings (SSSR count). The third-order valence-corrected chi connectivity index (χ3v) is 4.13. The lowest BCUT2D eigenvalue weighted by Gasteiger charge is -2.34. The van der Waals surface area contributed by atoms with Crippen molar-refractivity contribution < 1.29 is 19.0 Å². The number of aliphatic hydroxyl groups is 1. The number of β-amino-alcohol motifs (C(OH)–C–C–N with tert-alkyl or cyclic N) is 1. The van der Waals surface area contributed by atoms with Gasteiger partial charge < -0.3 is 19.0 Å². The van der Waals surface area contributed by atoms with Crippen LogP contribution >= 0.6 is 0 Å². The first-order valence-electron chi connectivity index (χ1n) is 8.45. The van der Waals surface area contributed by atoms with Crippen molar-refractivity contribution in [3.63, 3.8) is 0 Å². The fourth-order valence-corrected chi connectivity index (χ4v) is 2.99. The predicted molar refractivity (Wildman–Crippen MR) is 90.7 cm³/mol. The molecule has 1 aliphatic rings. The van der Waals surface area contributed by atoms with E-state index in [0.717, 1.165) is 25.3 Å². The Morgan fingerprint density at radius 3 is 2.88 bits per heavy atom. The summed E-state index contributed by atoms with van der Waals surface area (Å²) in [5.74, 6) is 0.775. The molecule has 1 aliphatic heterocycles. The highest BCUT2D eigenvalue weighted by atomic mass is 16.5. The fraction of sp³-hybridized carbons (Fsp3) is 0.474. The monoisotopic (exact) mass is 331 g/mol. The van der Waals surface area contributed by atoms with E-state index >= 15 is 0 Å². The molecule has 1 aromatic carbocycles. The summed E-state index contributed by atoms with van der Waals surface area (Å²) >= 11 is 0. The highest BCUT2D eigenvalue weighted by molar-refractivity contribution is 5.15. The minimum Gasteiger partial charge on any atom is -0.467 e. The van der Waals surface area contributed by atoms with Crippen LogP contribution < -0.4 is 0 Å². The highest BCUT2D eigenvalue weighted by Crippen LogP contribution is 2.12. The molecular weight excluding hydrogens is 306 g/mol. The molecule has 1 saturated heterocycles. The third kappa shape index (κ3) is 5.46. The molecule has 2 aromatic rings. The highest BCUT2D eigenvalue weighted by Gasteiger charge is 2.22. The van der Waals surface area contributed by atoms with Crippen molar-refractivity contribution in [2.24, 2.45) is 0 Å². The van der Waals surface area contributed by atoms with Crippen LogP contribution in [0.2, 0.25) is 0 Å². The first-order valence-corrected chi connectivity index (χ1v) is 8.45. The number of aliphatic hydroxyl groups excluding tert-OH is 1. The van der Waals surface area contributed by atoms with Crippen LogP contribution in [0.15, 0.2) is 53.1 Å². The van der Waals surface area contributed by atoms with Gasteiger partial charge in [0.05, 0.1) is 31.7 Å². The maximum absolute atomic E-state index is 10.2. The van der Waals surface area contributed by atoms with Crippen LogP contribution in [-0.2, 0) is 22.5 Å². The number of furan rings is 1. The average Bonchev–Trinajstić information content (AvgIpc) is 3.09. The molecule has 0 amide bonds.